The van der Waals surface area contributed by atoms with Gasteiger partial charge in [0.05, 0.1) is 10.9 Å². The maximum Gasteiger partial charge on any atom is 0.328 e. The van der Waals surface area contributed by atoms with Crippen molar-refractivity contribution in [2.75, 3.05) is 26.2 Å². The SMILES string of the molecule is O=C(C1CCC(Cn2c(=O)[nH]c3ccccc3c2=O)CC1)N1CCN(C(=O)C2CC2)CC1. The fourth-order valence-corrected chi connectivity index (χ4v) is 5.21. The Balaban J connectivity index is 1.16. The van der Waals surface area contributed by atoms with Gasteiger partial charge in [-0.25, -0.2) is 4.79 Å². The third-order valence-electron chi connectivity index (χ3n) is 7.36. The van der Waals surface area contributed by atoms with Gasteiger partial charge in [-0.1, -0.05) is 12.1 Å². The fraction of sp³-hybridized carbons (Fsp3) is 0.583. The highest BCUT2D eigenvalue weighted by Gasteiger charge is 2.36. The molecule has 170 valence electrons. The lowest BCUT2D eigenvalue weighted by Gasteiger charge is -2.38. The van der Waals surface area contributed by atoms with Gasteiger partial charge in [0.2, 0.25) is 11.8 Å². The molecule has 2 amide bonds. The first kappa shape index (κ1) is 21.0. The molecular formula is C24H30N4O4. The first-order valence-electron chi connectivity index (χ1n) is 11.8. The van der Waals surface area contributed by atoms with Crippen LogP contribution < -0.4 is 11.2 Å². The zero-order chi connectivity index (χ0) is 22.2. The van der Waals surface area contributed by atoms with E-state index in [0.717, 1.165) is 38.5 Å². The van der Waals surface area contributed by atoms with Crippen LogP contribution in [0.4, 0.5) is 0 Å². The minimum atomic E-state index is -0.370. The van der Waals surface area contributed by atoms with Gasteiger partial charge in [0, 0.05) is 44.6 Å². The summed E-state index contributed by atoms with van der Waals surface area (Å²) in [5, 5.41) is 0.523. The maximum absolute atomic E-state index is 13.0. The Labute approximate surface area is 186 Å². The number of fused-ring (bicyclic) bond motifs is 1. The molecule has 1 aromatic heterocycles. The van der Waals surface area contributed by atoms with Crippen molar-refractivity contribution < 1.29 is 9.59 Å². The van der Waals surface area contributed by atoms with E-state index >= 15 is 0 Å². The van der Waals surface area contributed by atoms with Crippen molar-refractivity contribution >= 4 is 22.7 Å². The molecule has 0 spiro atoms. The van der Waals surface area contributed by atoms with E-state index in [1.54, 1.807) is 24.3 Å². The number of benzene rings is 1. The van der Waals surface area contributed by atoms with Gasteiger partial charge >= 0.3 is 5.69 Å². The number of piperazine rings is 1. The van der Waals surface area contributed by atoms with Gasteiger partial charge in [-0.2, -0.15) is 0 Å². The van der Waals surface area contributed by atoms with E-state index in [1.165, 1.54) is 4.57 Å². The van der Waals surface area contributed by atoms with Crippen LogP contribution in [0.5, 0.6) is 0 Å². The molecule has 32 heavy (non-hydrogen) atoms. The van der Waals surface area contributed by atoms with Crippen molar-refractivity contribution in [2.45, 2.75) is 45.1 Å². The molecule has 2 aliphatic carbocycles. The molecule has 0 unspecified atom stereocenters. The summed E-state index contributed by atoms with van der Waals surface area (Å²) in [6, 6.07) is 7.06. The second kappa shape index (κ2) is 8.56. The summed E-state index contributed by atoms with van der Waals surface area (Å²) >= 11 is 0. The van der Waals surface area contributed by atoms with E-state index in [9.17, 15) is 19.2 Å². The van der Waals surface area contributed by atoms with Crippen molar-refractivity contribution in [1.29, 1.82) is 0 Å². The van der Waals surface area contributed by atoms with Crippen molar-refractivity contribution in [2.24, 2.45) is 17.8 Å². The number of hydrogen-bond donors (Lipinski definition) is 1. The van der Waals surface area contributed by atoms with Crippen LogP contribution in [-0.4, -0.2) is 57.3 Å². The highest BCUT2D eigenvalue weighted by atomic mass is 16.2. The Kier molecular flexibility index (Phi) is 5.61. The number of nitrogens with one attached hydrogen (secondary N) is 1. The van der Waals surface area contributed by atoms with Gasteiger partial charge < -0.3 is 14.8 Å². The Morgan fingerprint density at radius 1 is 0.812 bits per heavy atom. The first-order valence-corrected chi connectivity index (χ1v) is 11.8. The molecule has 1 aromatic carbocycles. The van der Waals surface area contributed by atoms with Gasteiger partial charge in [-0.05, 0) is 56.6 Å². The Bertz CT molecular complexity index is 1130. The molecule has 0 atom stereocenters. The molecule has 5 rings (SSSR count). The molecule has 0 bridgehead atoms. The summed E-state index contributed by atoms with van der Waals surface area (Å²) in [5.41, 5.74) is -0.0568. The van der Waals surface area contributed by atoms with E-state index in [4.69, 9.17) is 0 Å². The van der Waals surface area contributed by atoms with E-state index < -0.39 is 0 Å². The van der Waals surface area contributed by atoms with Crippen LogP contribution in [0, 0.1) is 17.8 Å². The number of nitrogens with zero attached hydrogens (tertiary/aromatic N) is 3. The summed E-state index contributed by atoms with van der Waals surface area (Å²) in [6.45, 7) is 2.92. The molecule has 1 aliphatic heterocycles. The van der Waals surface area contributed by atoms with E-state index in [-0.39, 0.29) is 40.8 Å². The molecule has 0 radical (unpaired) electrons. The van der Waals surface area contributed by atoms with Gasteiger partial charge in [0.25, 0.3) is 5.56 Å². The Morgan fingerprint density at radius 2 is 1.34 bits per heavy atom. The number of carbonyl (C=O) groups is 2. The standard InChI is InChI=1S/C24H30N4O4/c29-21(26-11-13-27(14-12-26)22(30)18-9-10-18)17-7-5-16(6-8-17)15-28-23(31)19-3-1-2-4-20(19)25-24(28)32/h1-4,16-18H,5-15H2,(H,25,32). The highest BCUT2D eigenvalue weighted by molar-refractivity contribution is 5.82. The number of H-pyrrole nitrogens is 1. The minimum Gasteiger partial charge on any atom is -0.339 e. The number of para-hydroxylation sites is 1. The second-order valence-corrected chi connectivity index (χ2v) is 9.53. The zero-order valence-corrected chi connectivity index (χ0v) is 18.3. The third-order valence-corrected chi connectivity index (χ3v) is 7.36. The zero-order valence-electron chi connectivity index (χ0n) is 18.3. The molecular weight excluding hydrogens is 408 g/mol. The lowest BCUT2D eigenvalue weighted by molar-refractivity contribution is -0.143. The molecule has 3 aliphatic rings. The molecule has 2 saturated carbocycles. The van der Waals surface area contributed by atoms with E-state index in [0.29, 0.717) is 43.6 Å². The number of aromatic nitrogens is 2. The van der Waals surface area contributed by atoms with E-state index in [2.05, 4.69) is 4.98 Å². The largest absolute Gasteiger partial charge is 0.339 e. The summed E-state index contributed by atoms with van der Waals surface area (Å²) < 4.78 is 1.31. The first-order chi connectivity index (χ1) is 15.5. The van der Waals surface area contributed by atoms with Crippen LogP contribution in [0.15, 0.2) is 33.9 Å². The van der Waals surface area contributed by atoms with Crippen molar-refractivity contribution in [3.8, 4) is 0 Å². The second-order valence-electron chi connectivity index (χ2n) is 9.53. The summed E-state index contributed by atoms with van der Waals surface area (Å²) in [5.74, 6) is 0.907. The van der Waals surface area contributed by atoms with Gasteiger partial charge in [0.1, 0.15) is 0 Å². The lowest BCUT2D eigenvalue weighted by Crippen LogP contribution is -2.52. The molecule has 3 fully saturated rings. The molecule has 8 heteroatoms. The van der Waals surface area contributed by atoms with Gasteiger partial charge in [-0.3, -0.25) is 19.0 Å². The number of aromatic amines is 1. The molecule has 2 heterocycles. The topological polar surface area (TPSA) is 95.5 Å². The average molecular weight is 439 g/mol. The van der Waals surface area contributed by atoms with Crippen molar-refractivity contribution in [3.05, 3.63) is 45.1 Å². The van der Waals surface area contributed by atoms with Crippen LogP contribution in [0.25, 0.3) is 10.9 Å². The molecule has 1 N–H and O–H groups in total. The Hall–Kier alpha value is -2.90. The van der Waals surface area contributed by atoms with Gasteiger partial charge in [-0.15, -0.1) is 0 Å². The predicted octanol–water partition coefficient (Wildman–Crippen LogP) is 1.58. The Morgan fingerprint density at radius 3 is 1.91 bits per heavy atom. The molecule has 1 saturated heterocycles. The fourth-order valence-electron chi connectivity index (χ4n) is 5.21. The average Bonchev–Trinajstić information content (AvgIpc) is 3.67. The summed E-state index contributed by atoms with van der Waals surface area (Å²) in [4.78, 5) is 57.1. The highest BCUT2D eigenvalue weighted by Crippen LogP contribution is 2.33. The molecule has 2 aromatic rings. The molecule has 8 nitrogen and oxygen atoms in total. The number of amides is 2. The maximum atomic E-state index is 13.0. The monoisotopic (exact) mass is 438 g/mol. The van der Waals surface area contributed by atoms with Crippen LogP contribution in [0.2, 0.25) is 0 Å². The van der Waals surface area contributed by atoms with Gasteiger partial charge in [0.15, 0.2) is 0 Å². The quantitative estimate of drug-likeness (QED) is 0.784. The normalized spacial score (nSPS) is 24.0. The number of hydrogen-bond acceptors (Lipinski definition) is 4. The van der Waals surface area contributed by atoms with Crippen LogP contribution in [0.3, 0.4) is 0 Å². The number of carbonyl (C=O) groups excluding carboxylic acids is 2. The third kappa shape index (κ3) is 4.10. The van der Waals surface area contributed by atoms with E-state index in [1.807, 2.05) is 9.80 Å². The summed E-state index contributed by atoms with van der Waals surface area (Å²) in [6.07, 6.45) is 5.25. The lowest BCUT2D eigenvalue weighted by atomic mass is 9.81. The predicted molar refractivity (Wildman–Crippen MR) is 120 cm³/mol. The smallest absolute Gasteiger partial charge is 0.328 e. The van der Waals surface area contributed by atoms with Crippen molar-refractivity contribution in [1.82, 2.24) is 19.4 Å². The number of rotatable bonds is 4. The van der Waals surface area contributed by atoms with Crippen molar-refractivity contribution in [3.63, 3.8) is 0 Å². The van der Waals surface area contributed by atoms with Crippen LogP contribution in [0.1, 0.15) is 38.5 Å². The van der Waals surface area contributed by atoms with Crippen LogP contribution >= 0.6 is 0 Å². The van der Waals surface area contributed by atoms with Crippen LogP contribution in [-0.2, 0) is 16.1 Å². The minimum absolute atomic E-state index is 0.00328. The summed E-state index contributed by atoms with van der Waals surface area (Å²) in [7, 11) is 0.